The number of anilines is 1. The lowest BCUT2D eigenvalue weighted by atomic mass is 10.0. The number of carbonyl (C=O) groups is 2. The second-order valence-corrected chi connectivity index (χ2v) is 11.1. The molecule has 1 atom stereocenters. The summed E-state index contributed by atoms with van der Waals surface area (Å²) in [5, 5.41) is 2.86. The van der Waals surface area contributed by atoms with Crippen molar-refractivity contribution >= 4 is 27.5 Å². The molecule has 0 aliphatic rings. The molecule has 208 valence electrons. The number of amides is 2. The zero-order valence-corrected chi connectivity index (χ0v) is 22.8. The fourth-order valence-corrected chi connectivity index (χ4v) is 4.94. The predicted octanol–water partition coefficient (Wildman–Crippen LogP) is 4.29. The highest BCUT2D eigenvalue weighted by Crippen LogP contribution is 2.21. The van der Waals surface area contributed by atoms with E-state index in [-0.39, 0.29) is 24.2 Å². The third kappa shape index (κ3) is 8.61. The molecule has 0 aromatic heterocycles. The van der Waals surface area contributed by atoms with Gasteiger partial charge in [-0.25, -0.2) is 17.2 Å². The van der Waals surface area contributed by atoms with E-state index < -0.39 is 46.1 Å². The summed E-state index contributed by atoms with van der Waals surface area (Å²) in [6.07, 6.45) is 2.65. The van der Waals surface area contributed by atoms with E-state index in [4.69, 9.17) is 0 Å². The highest BCUT2D eigenvalue weighted by Gasteiger charge is 2.33. The standard InChI is InChI=1S/C29H33F2N3O4S/c1-3-4-18-32-29(36)27(19-22-10-6-5-7-11-22)33(20-23-12-8-9-13-26(23)31)28(35)21-34(39(2,37)38)25-16-14-24(30)15-17-25/h5-17,27H,3-4,18-21H2,1-2H3,(H,32,36)/t27-/m1/s1. The molecule has 0 fully saturated rings. The Kier molecular flexibility index (Phi) is 10.6. The van der Waals surface area contributed by atoms with Crippen LogP contribution < -0.4 is 9.62 Å². The third-order valence-electron chi connectivity index (χ3n) is 6.19. The van der Waals surface area contributed by atoms with Crippen LogP contribution in [0.5, 0.6) is 0 Å². The fourth-order valence-electron chi connectivity index (χ4n) is 4.09. The molecule has 1 N–H and O–H groups in total. The van der Waals surface area contributed by atoms with Crippen LogP contribution >= 0.6 is 0 Å². The molecule has 0 bridgehead atoms. The lowest BCUT2D eigenvalue weighted by molar-refractivity contribution is -0.140. The zero-order valence-electron chi connectivity index (χ0n) is 22.0. The number of sulfonamides is 1. The van der Waals surface area contributed by atoms with Crippen LogP contribution in [0.25, 0.3) is 0 Å². The maximum absolute atomic E-state index is 14.7. The summed E-state index contributed by atoms with van der Waals surface area (Å²) in [5.41, 5.74) is 1.04. The average Bonchev–Trinajstić information content (AvgIpc) is 2.91. The molecule has 10 heteroatoms. The van der Waals surface area contributed by atoms with Gasteiger partial charge in [-0.15, -0.1) is 0 Å². The Labute approximate surface area is 228 Å². The summed E-state index contributed by atoms with van der Waals surface area (Å²) in [4.78, 5) is 28.5. The van der Waals surface area contributed by atoms with Gasteiger partial charge in [-0.05, 0) is 42.3 Å². The molecule has 3 aromatic rings. The van der Waals surface area contributed by atoms with Gasteiger partial charge in [0.15, 0.2) is 0 Å². The molecule has 0 spiro atoms. The van der Waals surface area contributed by atoms with Gasteiger partial charge in [0.25, 0.3) is 0 Å². The summed E-state index contributed by atoms with van der Waals surface area (Å²) in [5.74, 6) is -2.26. The summed E-state index contributed by atoms with van der Waals surface area (Å²) >= 11 is 0. The molecule has 0 radical (unpaired) electrons. The van der Waals surface area contributed by atoms with E-state index in [1.807, 2.05) is 37.3 Å². The molecule has 3 aromatic carbocycles. The second-order valence-electron chi connectivity index (χ2n) is 9.21. The number of rotatable bonds is 13. The number of unbranched alkanes of at least 4 members (excludes halogenated alkanes) is 1. The molecular weight excluding hydrogens is 524 g/mol. The lowest BCUT2D eigenvalue weighted by Crippen LogP contribution is -2.53. The summed E-state index contributed by atoms with van der Waals surface area (Å²) < 4.78 is 54.5. The van der Waals surface area contributed by atoms with E-state index in [2.05, 4.69) is 5.32 Å². The van der Waals surface area contributed by atoms with Crippen molar-refractivity contribution in [1.82, 2.24) is 10.2 Å². The van der Waals surface area contributed by atoms with Gasteiger partial charge in [0.1, 0.15) is 24.2 Å². The van der Waals surface area contributed by atoms with Crippen LogP contribution in [0.3, 0.4) is 0 Å². The van der Waals surface area contributed by atoms with Gasteiger partial charge in [-0.1, -0.05) is 61.9 Å². The van der Waals surface area contributed by atoms with Crippen LogP contribution in [0.2, 0.25) is 0 Å². The molecule has 0 aliphatic heterocycles. The van der Waals surface area contributed by atoms with Crippen molar-refractivity contribution in [3.05, 3.63) is 102 Å². The number of nitrogens with zero attached hydrogens (tertiary/aromatic N) is 2. The Morgan fingerprint density at radius 1 is 0.923 bits per heavy atom. The van der Waals surface area contributed by atoms with Gasteiger partial charge < -0.3 is 10.2 Å². The molecular formula is C29H33F2N3O4S. The van der Waals surface area contributed by atoms with Gasteiger partial charge in [-0.2, -0.15) is 0 Å². The molecule has 39 heavy (non-hydrogen) atoms. The largest absolute Gasteiger partial charge is 0.354 e. The van der Waals surface area contributed by atoms with E-state index >= 15 is 0 Å². The monoisotopic (exact) mass is 557 g/mol. The fraction of sp³-hybridized carbons (Fsp3) is 0.310. The van der Waals surface area contributed by atoms with Gasteiger partial charge in [0.05, 0.1) is 11.9 Å². The maximum atomic E-state index is 14.7. The SMILES string of the molecule is CCCCNC(=O)[C@@H](Cc1ccccc1)N(Cc1ccccc1F)C(=O)CN(c1ccc(F)cc1)S(C)(=O)=O. The van der Waals surface area contributed by atoms with Gasteiger partial charge >= 0.3 is 0 Å². The van der Waals surface area contributed by atoms with E-state index in [9.17, 15) is 26.8 Å². The quantitative estimate of drug-likeness (QED) is 0.318. The Morgan fingerprint density at radius 2 is 1.56 bits per heavy atom. The number of halogens is 2. The van der Waals surface area contributed by atoms with Gasteiger partial charge in [0, 0.05) is 25.1 Å². The Bertz CT molecular complexity index is 1350. The lowest BCUT2D eigenvalue weighted by Gasteiger charge is -2.33. The van der Waals surface area contributed by atoms with Gasteiger partial charge in [-0.3, -0.25) is 13.9 Å². The number of nitrogens with one attached hydrogen (secondary N) is 1. The van der Waals surface area contributed by atoms with Crippen LogP contribution in [0, 0.1) is 11.6 Å². The van der Waals surface area contributed by atoms with E-state index in [0.717, 1.165) is 41.1 Å². The Morgan fingerprint density at radius 3 is 2.18 bits per heavy atom. The van der Waals surface area contributed by atoms with Crippen molar-refractivity contribution in [3.63, 3.8) is 0 Å². The number of benzene rings is 3. The second kappa shape index (κ2) is 13.8. The number of carbonyl (C=O) groups excluding carboxylic acids is 2. The van der Waals surface area contributed by atoms with Crippen molar-refractivity contribution in [2.24, 2.45) is 0 Å². The molecule has 7 nitrogen and oxygen atoms in total. The first-order chi connectivity index (χ1) is 18.6. The van der Waals surface area contributed by atoms with Crippen molar-refractivity contribution in [2.75, 3.05) is 23.7 Å². The molecule has 0 heterocycles. The van der Waals surface area contributed by atoms with E-state index in [1.165, 1.54) is 35.2 Å². The van der Waals surface area contributed by atoms with Crippen LogP contribution in [0.4, 0.5) is 14.5 Å². The van der Waals surface area contributed by atoms with Crippen molar-refractivity contribution in [3.8, 4) is 0 Å². The minimum atomic E-state index is -3.97. The molecule has 0 saturated heterocycles. The smallest absolute Gasteiger partial charge is 0.244 e. The van der Waals surface area contributed by atoms with E-state index in [1.54, 1.807) is 6.07 Å². The maximum Gasteiger partial charge on any atom is 0.244 e. The zero-order chi connectivity index (χ0) is 28.4. The first-order valence-corrected chi connectivity index (χ1v) is 14.5. The normalized spacial score (nSPS) is 12.0. The predicted molar refractivity (Wildman–Crippen MR) is 147 cm³/mol. The number of hydrogen-bond acceptors (Lipinski definition) is 4. The summed E-state index contributed by atoms with van der Waals surface area (Å²) in [6, 6.07) is 18.6. The summed E-state index contributed by atoms with van der Waals surface area (Å²) in [7, 11) is -3.97. The van der Waals surface area contributed by atoms with E-state index in [0.29, 0.717) is 6.54 Å². The van der Waals surface area contributed by atoms with Crippen molar-refractivity contribution < 1.29 is 26.8 Å². The highest BCUT2D eigenvalue weighted by molar-refractivity contribution is 7.92. The van der Waals surface area contributed by atoms with Crippen LogP contribution in [0.1, 0.15) is 30.9 Å². The Hall–Kier alpha value is -3.79. The van der Waals surface area contributed by atoms with Crippen molar-refractivity contribution in [1.29, 1.82) is 0 Å². The molecule has 3 rings (SSSR count). The molecule has 0 aliphatic carbocycles. The minimum absolute atomic E-state index is 0.0881. The molecule has 2 amide bonds. The topological polar surface area (TPSA) is 86.8 Å². The van der Waals surface area contributed by atoms with Crippen LogP contribution in [-0.2, 0) is 32.6 Å². The number of hydrogen-bond donors (Lipinski definition) is 1. The Balaban J connectivity index is 2.03. The van der Waals surface area contributed by atoms with Crippen LogP contribution in [0.15, 0.2) is 78.9 Å². The third-order valence-corrected chi connectivity index (χ3v) is 7.33. The summed E-state index contributed by atoms with van der Waals surface area (Å²) in [6.45, 7) is 1.46. The van der Waals surface area contributed by atoms with Crippen molar-refractivity contribution in [2.45, 2.75) is 38.8 Å². The highest BCUT2D eigenvalue weighted by atomic mass is 32.2. The molecule has 0 saturated carbocycles. The first kappa shape index (κ1) is 29.8. The van der Waals surface area contributed by atoms with Crippen LogP contribution in [-0.4, -0.2) is 50.5 Å². The molecule has 0 unspecified atom stereocenters. The average molecular weight is 558 g/mol. The van der Waals surface area contributed by atoms with Gasteiger partial charge in [0.2, 0.25) is 21.8 Å². The first-order valence-electron chi connectivity index (χ1n) is 12.7. The minimum Gasteiger partial charge on any atom is -0.354 e.